The third-order valence-electron chi connectivity index (χ3n) is 4.00. The number of rotatable bonds is 5. The maximum atomic E-state index is 12.6. The zero-order valence-electron chi connectivity index (χ0n) is 12.5. The van der Waals surface area contributed by atoms with Crippen LogP contribution in [0.4, 0.5) is 14.5 Å². The summed E-state index contributed by atoms with van der Waals surface area (Å²) in [6.07, 6.45) is -0.635. The van der Waals surface area contributed by atoms with Gasteiger partial charge in [-0.25, -0.2) is 8.78 Å². The van der Waals surface area contributed by atoms with Gasteiger partial charge in [-0.05, 0) is 41.7 Å². The monoisotopic (exact) mass is 316 g/mol. The minimum Gasteiger partial charge on any atom is -0.326 e. The van der Waals surface area contributed by atoms with E-state index in [9.17, 15) is 13.6 Å². The summed E-state index contributed by atoms with van der Waals surface area (Å²) in [5.41, 5.74) is 8.47. The van der Waals surface area contributed by atoms with Crippen molar-refractivity contribution in [3.8, 4) is 11.1 Å². The van der Waals surface area contributed by atoms with Gasteiger partial charge in [0, 0.05) is 11.6 Å². The lowest BCUT2D eigenvalue weighted by atomic mass is 10.0. The van der Waals surface area contributed by atoms with Gasteiger partial charge in [-0.2, -0.15) is 0 Å². The Labute approximate surface area is 133 Å². The molecule has 1 saturated carbocycles. The van der Waals surface area contributed by atoms with E-state index in [0.29, 0.717) is 5.56 Å². The molecule has 3 N–H and O–H groups in total. The second-order valence-electron chi connectivity index (χ2n) is 5.82. The van der Waals surface area contributed by atoms with Gasteiger partial charge in [-0.1, -0.05) is 36.4 Å². The van der Waals surface area contributed by atoms with Crippen LogP contribution in [0.1, 0.15) is 24.4 Å². The Kier molecular flexibility index (Phi) is 4.39. The fraction of sp³-hybridized carbons (Fsp3) is 0.278. The molecule has 3 nitrogen and oxygen atoms in total. The first-order valence-electron chi connectivity index (χ1n) is 7.59. The standard InChI is InChI=1S/C18H18F2N2O/c19-17(20)16(21)13-3-1-11(2-4-13)12-7-9-15(10-8-12)22-18(23)14-5-6-14/h1-4,7-10,14,16-17H,5-6,21H2,(H,22,23)/t16-/m0/s1. The number of nitrogens with one attached hydrogen (secondary N) is 1. The molecule has 0 aliphatic heterocycles. The summed E-state index contributed by atoms with van der Waals surface area (Å²) >= 11 is 0. The quantitative estimate of drug-likeness (QED) is 0.877. The molecule has 0 bridgehead atoms. The summed E-state index contributed by atoms with van der Waals surface area (Å²) in [4.78, 5) is 11.7. The predicted octanol–water partition coefficient (Wildman–Crippen LogP) is 3.97. The van der Waals surface area contributed by atoms with Gasteiger partial charge in [0.15, 0.2) is 0 Å². The molecule has 0 radical (unpaired) electrons. The number of anilines is 1. The summed E-state index contributed by atoms with van der Waals surface area (Å²) in [5, 5.41) is 2.88. The molecule has 1 amide bonds. The van der Waals surface area contributed by atoms with E-state index in [2.05, 4.69) is 5.32 Å². The number of hydrogen-bond acceptors (Lipinski definition) is 2. The Morgan fingerprint density at radius 1 is 1.00 bits per heavy atom. The van der Waals surface area contributed by atoms with E-state index in [4.69, 9.17) is 5.73 Å². The van der Waals surface area contributed by atoms with Gasteiger partial charge in [0.05, 0.1) is 6.04 Å². The van der Waals surface area contributed by atoms with Gasteiger partial charge in [-0.3, -0.25) is 4.79 Å². The van der Waals surface area contributed by atoms with Gasteiger partial charge in [-0.15, -0.1) is 0 Å². The molecular formula is C18H18F2N2O. The van der Waals surface area contributed by atoms with Gasteiger partial charge >= 0.3 is 0 Å². The molecule has 23 heavy (non-hydrogen) atoms. The first-order chi connectivity index (χ1) is 11.0. The highest BCUT2D eigenvalue weighted by Crippen LogP contribution is 2.30. The smallest absolute Gasteiger partial charge is 0.257 e. The summed E-state index contributed by atoms with van der Waals surface area (Å²) < 4.78 is 25.2. The zero-order chi connectivity index (χ0) is 16.4. The number of benzene rings is 2. The summed E-state index contributed by atoms with van der Waals surface area (Å²) in [6, 6.07) is 13.0. The van der Waals surface area contributed by atoms with Crippen LogP contribution in [0.15, 0.2) is 48.5 Å². The SMILES string of the molecule is N[C@@H](c1ccc(-c2ccc(NC(=O)C3CC3)cc2)cc1)C(F)F. The molecule has 5 heteroatoms. The maximum absolute atomic E-state index is 12.6. The van der Waals surface area contributed by atoms with E-state index in [1.165, 1.54) is 0 Å². The Hall–Kier alpha value is -2.27. The van der Waals surface area contributed by atoms with E-state index in [-0.39, 0.29) is 11.8 Å². The lowest BCUT2D eigenvalue weighted by Crippen LogP contribution is -2.18. The summed E-state index contributed by atoms with van der Waals surface area (Å²) in [6.45, 7) is 0. The molecule has 1 aliphatic rings. The van der Waals surface area contributed by atoms with Gasteiger partial charge in [0.2, 0.25) is 5.91 Å². The topological polar surface area (TPSA) is 55.1 Å². The maximum Gasteiger partial charge on any atom is 0.257 e. The van der Waals surface area contributed by atoms with Crippen LogP contribution in [-0.4, -0.2) is 12.3 Å². The molecule has 0 spiro atoms. The molecule has 120 valence electrons. The van der Waals surface area contributed by atoms with E-state index >= 15 is 0 Å². The van der Waals surface area contributed by atoms with Gasteiger partial charge in [0.25, 0.3) is 6.43 Å². The highest BCUT2D eigenvalue weighted by Gasteiger charge is 2.29. The van der Waals surface area contributed by atoms with E-state index in [1.54, 1.807) is 24.3 Å². The van der Waals surface area contributed by atoms with Crippen LogP contribution in [0.3, 0.4) is 0 Å². The van der Waals surface area contributed by atoms with Crippen LogP contribution in [-0.2, 0) is 4.79 Å². The minimum atomic E-state index is -2.57. The average molecular weight is 316 g/mol. The molecule has 1 aliphatic carbocycles. The molecule has 0 saturated heterocycles. The molecule has 0 aromatic heterocycles. The molecule has 2 aromatic rings. The van der Waals surface area contributed by atoms with Crippen molar-refractivity contribution in [2.75, 3.05) is 5.32 Å². The van der Waals surface area contributed by atoms with Crippen molar-refractivity contribution in [1.29, 1.82) is 0 Å². The molecule has 2 aromatic carbocycles. The number of carbonyl (C=O) groups excluding carboxylic acids is 1. The molecule has 1 fully saturated rings. The van der Waals surface area contributed by atoms with E-state index < -0.39 is 12.5 Å². The second-order valence-corrected chi connectivity index (χ2v) is 5.82. The van der Waals surface area contributed by atoms with Crippen molar-refractivity contribution in [2.24, 2.45) is 11.7 Å². The lowest BCUT2D eigenvalue weighted by Gasteiger charge is -2.11. The minimum absolute atomic E-state index is 0.0723. The van der Waals surface area contributed by atoms with Crippen molar-refractivity contribution in [3.63, 3.8) is 0 Å². The third-order valence-corrected chi connectivity index (χ3v) is 4.00. The largest absolute Gasteiger partial charge is 0.326 e. The predicted molar refractivity (Wildman–Crippen MR) is 86.2 cm³/mol. The fourth-order valence-corrected chi connectivity index (χ4v) is 2.38. The second kappa shape index (κ2) is 6.46. The van der Waals surface area contributed by atoms with Crippen molar-refractivity contribution in [2.45, 2.75) is 25.3 Å². The van der Waals surface area contributed by atoms with E-state index in [1.807, 2.05) is 24.3 Å². The van der Waals surface area contributed by atoms with Crippen LogP contribution in [0.2, 0.25) is 0 Å². The number of amides is 1. The number of hydrogen-bond donors (Lipinski definition) is 2. The first-order valence-corrected chi connectivity index (χ1v) is 7.59. The number of nitrogens with two attached hydrogens (primary N) is 1. The van der Waals surface area contributed by atoms with Crippen molar-refractivity contribution >= 4 is 11.6 Å². The van der Waals surface area contributed by atoms with Gasteiger partial charge < -0.3 is 11.1 Å². The van der Waals surface area contributed by atoms with Gasteiger partial charge in [0.1, 0.15) is 0 Å². The number of carbonyl (C=O) groups is 1. The summed E-state index contributed by atoms with van der Waals surface area (Å²) in [5.74, 6) is 0.240. The van der Waals surface area contributed by atoms with Crippen molar-refractivity contribution in [1.82, 2.24) is 0 Å². The number of halogens is 2. The Morgan fingerprint density at radius 3 is 2.00 bits per heavy atom. The van der Waals surface area contributed by atoms with E-state index in [0.717, 1.165) is 29.7 Å². The van der Waals surface area contributed by atoms with Crippen LogP contribution in [0.5, 0.6) is 0 Å². The zero-order valence-corrected chi connectivity index (χ0v) is 12.5. The Balaban J connectivity index is 1.70. The van der Waals surface area contributed by atoms with Crippen LogP contribution in [0, 0.1) is 5.92 Å². The lowest BCUT2D eigenvalue weighted by molar-refractivity contribution is -0.117. The fourth-order valence-electron chi connectivity index (χ4n) is 2.38. The molecule has 0 heterocycles. The first kappa shape index (κ1) is 15.6. The normalized spacial score (nSPS) is 15.5. The molecular weight excluding hydrogens is 298 g/mol. The highest BCUT2D eigenvalue weighted by molar-refractivity contribution is 5.94. The molecule has 0 unspecified atom stereocenters. The van der Waals surface area contributed by atoms with Crippen LogP contribution in [0.25, 0.3) is 11.1 Å². The van der Waals surface area contributed by atoms with Crippen LogP contribution >= 0.6 is 0 Å². The van der Waals surface area contributed by atoms with Crippen molar-refractivity contribution in [3.05, 3.63) is 54.1 Å². The van der Waals surface area contributed by atoms with Crippen LogP contribution < -0.4 is 11.1 Å². The molecule has 3 rings (SSSR count). The average Bonchev–Trinajstić information content (AvgIpc) is 3.40. The van der Waals surface area contributed by atoms with Crippen molar-refractivity contribution < 1.29 is 13.6 Å². The Bertz CT molecular complexity index is 679. The summed E-state index contributed by atoms with van der Waals surface area (Å²) in [7, 11) is 0. The molecule has 1 atom stereocenters. The number of alkyl halides is 2. The third kappa shape index (κ3) is 3.74. The highest BCUT2D eigenvalue weighted by atomic mass is 19.3. The Morgan fingerprint density at radius 2 is 1.52 bits per heavy atom.